The van der Waals surface area contributed by atoms with Gasteiger partial charge < -0.3 is 0 Å². The molecule has 2 rings (SSSR count). The van der Waals surface area contributed by atoms with Gasteiger partial charge in [0.05, 0.1) is 34.7 Å². The van der Waals surface area contributed by atoms with Gasteiger partial charge in [-0.2, -0.15) is 0 Å². The van der Waals surface area contributed by atoms with Gasteiger partial charge in [0.15, 0.2) is 0 Å². The Bertz CT molecular complexity index is 668. The minimum atomic E-state index is -3.21. The number of hydrogen-bond donors (Lipinski definition) is 1. The molecule has 0 atom stereocenters. The molecule has 0 saturated heterocycles. The summed E-state index contributed by atoms with van der Waals surface area (Å²) in [7, 11) is -3.21. The van der Waals surface area contributed by atoms with Crippen molar-refractivity contribution in [3.8, 4) is 0 Å². The third-order valence-corrected chi connectivity index (χ3v) is 4.03. The Kier molecular flexibility index (Phi) is 3.58. The summed E-state index contributed by atoms with van der Waals surface area (Å²) in [6.07, 6.45) is 0. The molecular formula is C12H15N3O2S. The predicted molar refractivity (Wildman–Crippen MR) is 70.6 cm³/mol. The molecule has 0 amide bonds. The van der Waals surface area contributed by atoms with Gasteiger partial charge in [0.25, 0.3) is 0 Å². The monoisotopic (exact) mass is 265 g/mol. The lowest BCUT2D eigenvalue weighted by atomic mass is 10.2. The second-order valence-corrected chi connectivity index (χ2v) is 6.06. The predicted octanol–water partition coefficient (Wildman–Crippen LogP) is 1.38. The van der Waals surface area contributed by atoms with E-state index in [1.807, 2.05) is 31.2 Å². The van der Waals surface area contributed by atoms with Crippen LogP contribution in [0.1, 0.15) is 18.3 Å². The Morgan fingerprint density at radius 1 is 1.17 bits per heavy atom. The van der Waals surface area contributed by atoms with E-state index in [4.69, 9.17) is 0 Å². The summed E-state index contributed by atoms with van der Waals surface area (Å²) in [5, 5.41) is 0. The molecule has 1 aromatic heterocycles. The lowest BCUT2D eigenvalue weighted by Crippen LogP contribution is -2.25. The topological polar surface area (TPSA) is 72.0 Å². The van der Waals surface area contributed by atoms with E-state index >= 15 is 0 Å². The lowest BCUT2D eigenvalue weighted by molar-refractivity contribution is 0.581. The van der Waals surface area contributed by atoms with E-state index in [1.165, 1.54) is 0 Å². The van der Waals surface area contributed by atoms with Crippen LogP contribution in [0.3, 0.4) is 0 Å². The summed E-state index contributed by atoms with van der Waals surface area (Å²) in [5.74, 6) is 0.0626. The molecule has 1 heterocycles. The molecular weight excluding hydrogens is 250 g/mol. The van der Waals surface area contributed by atoms with E-state index in [0.717, 1.165) is 16.7 Å². The van der Waals surface area contributed by atoms with Gasteiger partial charge in [-0.25, -0.2) is 23.1 Å². The highest BCUT2D eigenvalue weighted by molar-refractivity contribution is 7.89. The molecule has 18 heavy (non-hydrogen) atoms. The highest BCUT2D eigenvalue weighted by atomic mass is 32.2. The minimum Gasteiger partial charge on any atom is -0.250 e. The molecule has 5 nitrogen and oxygen atoms in total. The molecule has 2 aromatic rings. The quantitative estimate of drug-likeness (QED) is 0.906. The smallest absolute Gasteiger partial charge is 0.211 e. The van der Waals surface area contributed by atoms with Gasteiger partial charge >= 0.3 is 0 Å². The van der Waals surface area contributed by atoms with Gasteiger partial charge in [-0.1, -0.05) is 12.1 Å². The summed E-state index contributed by atoms with van der Waals surface area (Å²) in [6, 6.07) is 7.52. The maximum Gasteiger partial charge on any atom is 0.211 e. The molecule has 0 spiro atoms. The SMILES string of the molecule is CCS(=O)(=O)NCc1nc2ccccc2nc1C. The fraction of sp³-hybridized carbons (Fsp3) is 0.333. The van der Waals surface area contributed by atoms with Crippen LogP contribution in [0.2, 0.25) is 0 Å². The van der Waals surface area contributed by atoms with E-state index < -0.39 is 10.0 Å². The van der Waals surface area contributed by atoms with Crippen LogP contribution < -0.4 is 4.72 Å². The van der Waals surface area contributed by atoms with Crippen LogP contribution in [0.25, 0.3) is 11.0 Å². The fourth-order valence-electron chi connectivity index (χ4n) is 1.57. The Balaban J connectivity index is 2.31. The summed E-state index contributed by atoms with van der Waals surface area (Å²) < 4.78 is 25.3. The standard InChI is InChI=1S/C12H15N3O2S/c1-3-18(16,17)13-8-12-9(2)14-10-6-4-5-7-11(10)15-12/h4-7,13H,3,8H2,1-2H3. The second kappa shape index (κ2) is 4.99. The molecule has 1 N–H and O–H groups in total. The van der Waals surface area contributed by atoms with Crippen molar-refractivity contribution in [3.05, 3.63) is 35.7 Å². The average molecular weight is 265 g/mol. The van der Waals surface area contributed by atoms with Crippen molar-refractivity contribution in [2.24, 2.45) is 0 Å². The molecule has 0 radical (unpaired) electrons. The van der Waals surface area contributed by atoms with Crippen LogP contribution in [-0.4, -0.2) is 24.1 Å². The van der Waals surface area contributed by atoms with E-state index in [1.54, 1.807) is 6.92 Å². The first-order valence-corrected chi connectivity index (χ1v) is 7.36. The third kappa shape index (κ3) is 2.83. The Morgan fingerprint density at radius 3 is 2.39 bits per heavy atom. The molecule has 0 unspecified atom stereocenters. The number of nitrogens with zero attached hydrogens (tertiary/aromatic N) is 2. The first-order valence-electron chi connectivity index (χ1n) is 5.71. The van der Waals surface area contributed by atoms with Crippen molar-refractivity contribution < 1.29 is 8.42 Å². The second-order valence-electron chi connectivity index (χ2n) is 3.97. The third-order valence-electron chi connectivity index (χ3n) is 2.68. The largest absolute Gasteiger partial charge is 0.250 e. The highest BCUT2D eigenvalue weighted by Crippen LogP contribution is 2.12. The van der Waals surface area contributed by atoms with Crippen LogP contribution in [-0.2, 0) is 16.6 Å². The Hall–Kier alpha value is -1.53. The van der Waals surface area contributed by atoms with Crippen molar-refractivity contribution in [1.29, 1.82) is 0 Å². The first-order chi connectivity index (χ1) is 8.52. The van der Waals surface area contributed by atoms with Crippen LogP contribution in [0.5, 0.6) is 0 Å². The van der Waals surface area contributed by atoms with Crippen molar-refractivity contribution >= 4 is 21.1 Å². The van der Waals surface area contributed by atoms with E-state index in [9.17, 15) is 8.42 Å². The zero-order valence-electron chi connectivity index (χ0n) is 10.3. The summed E-state index contributed by atoms with van der Waals surface area (Å²) in [5.41, 5.74) is 2.99. The van der Waals surface area contributed by atoms with E-state index in [0.29, 0.717) is 5.69 Å². The zero-order chi connectivity index (χ0) is 13.2. The molecule has 6 heteroatoms. The molecule has 1 aromatic carbocycles. The lowest BCUT2D eigenvalue weighted by Gasteiger charge is -2.07. The number of sulfonamides is 1. The number of aryl methyl sites for hydroxylation is 1. The normalized spacial score (nSPS) is 11.9. The number of para-hydroxylation sites is 2. The van der Waals surface area contributed by atoms with Crippen LogP contribution in [0.4, 0.5) is 0 Å². The molecule has 96 valence electrons. The van der Waals surface area contributed by atoms with Crippen LogP contribution >= 0.6 is 0 Å². The van der Waals surface area contributed by atoms with Crippen LogP contribution in [0, 0.1) is 6.92 Å². The molecule has 0 saturated carbocycles. The molecule has 0 aliphatic rings. The summed E-state index contributed by atoms with van der Waals surface area (Å²) >= 11 is 0. The summed E-state index contributed by atoms with van der Waals surface area (Å²) in [4.78, 5) is 8.83. The number of hydrogen-bond acceptors (Lipinski definition) is 4. The van der Waals surface area contributed by atoms with Crippen molar-refractivity contribution in [1.82, 2.24) is 14.7 Å². The molecule has 0 aliphatic carbocycles. The average Bonchev–Trinajstić information content (AvgIpc) is 2.36. The van der Waals surface area contributed by atoms with E-state index in [2.05, 4.69) is 14.7 Å². The van der Waals surface area contributed by atoms with Gasteiger partial charge in [0.1, 0.15) is 0 Å². The maximum atomic E-state index is 11.4. The van der Waals surface area contributed by atoms with Gasteiger partial charge in [-0.3, -0.25) is 0 Å². The number of benzene rings is 1. The number of nitrogens with one attached hydrogen (secondary N) is 1. The minimum absolute atomic E-state index is 0.0626. The van der Waals surface area contributed by atoms with Gasteiger partial charge in [-0.05, 0) is 26.0 Å². The number of rotatable bonds is 4. The van der Waals surface area contributed by atoms with Crippen molar-refractivity contribution in [2.45, 2.75) is 20.4 Å². The molecule has 0 aliphatic heterocycles. The highest BCUT2D eigenvalue weighted by Gasteiger charge is 2.09. The molecule has 0 bridgehead atoms. The number of fused-ring (bicyclic) bond motifs is 1. The number of aromatic nitrogens is 2. The van der Waals surface area contributed by atoms with Gasteiger partial charge in [-0.15, -0.1) is 0 Å². The summed E-state index contributed by atoms with van der Waals surface area (Å²) in [6.45, 7) is 3.61. The maximum absolute atomic E-state index is 11.4. The zero-order valence-corrected chi connectivity index (χ0v) is 11.2. The fourth-order valence-corrected chi connectivity index (χ4v) is 2.13. The van der Waals surface area contributed by atoms with E-state index in [-0.39, 0.29) is 12.3 Å². The van der Waals surface area contributed by atoms with Crippen molar-refractivity contribution in [3.63, 3.8) is 0 Å². The van der Waals surface area contributed by atoms with Gasteiger partial charge in [0, 0.05) is 0 Å². The molecule has 0 fully saturated rings. The first kappa shape index (κ1) is 12.9. The van der Waals surface area contributed by atoms with Crippen LogP contribution in [0.15, 0.2) is 24.3 Å². The Morgan fingerprint density at radius 2 is 1.78 bits per heavy atom. The van der Waals surface area contributed by atoms with Crippen molar-refractivity contribution in [2.75, 3.05) is 5.75 Å². The Labute approximate surface area is 106 Å². The van der Waals surface area contributed by atoms with Gasteiger partial charge in [0.2, 0.25) is 10.0 Å².